The average molecular weight is 258 g/mol. The molecule has 0 spiro atoms. The number of hydrogen-bond acceptors (Lipinski definition) is 4. The smallest absolute Gasteiger partial charge is 0.306 e. The largest absolute Gasteiger partial charge is 0.503 e. The van der Waals surface area contributed by atoms with Gasteiger partial charge in [-0.2, -0.15) is 0 Å². The zero-order chi connectivity index (χ0) is 13.7. The van der Waals surface area contributed by atoms with Crippen molar-refractivity contribution in [3.8, 4) is 5.75 Å². The number of ketones is 1. The van der Waals surface area contributed by atoms with E-state index in [4.69, 9.17) is 5.11 Å². The van der Waals surface area contributed by atoms with Crippen LogP contribution in [0.2, 0.25) is 0 Å². The van der Waals surface area contributed by atoms with Crippen LogP contribution in [0.1, 0.15) is 30.1 Å². The standard InChI is InChI=1S/C12H12F2O4/c1-2-18-11(16)4-3-10(15)7-5-8(13)12(17)9(14)6-7/h5-6,17H,2-4H2,1H3. The van der Waals surface area contributed by atoms with E-state index in [1.165, 1.54) is 0 Å². The molecule has 18 heavy (non-hydrogen) atoms. The lowest BCUT2D eigenvalue weighted by Gasteiger charge is -2.04. The van der Waals surface area contributed by atoms with Gasteiger partial charge >= 0.3 is 5.97 Å². The van der Waals surface area contributed by atoms with Gasteiger partial charge in [0, 0.05) is 12.0 Å². The Kier molecular flexibility index (Phi) is 4.76. The minimum atomic E-state index is -1.21. The third-order valence-electron chi connectivity index (χ3n) is 2.20. The molecule has 0 amide bonds. The number of phenolic OH excluding ortho intramolecular Hbond substituents is 1. The van der Waals surface area contributed by atoms with Crippen molar-refractivity contribution in [1.82, 2.24) is 0 Å². The zero-order valence-corrected chi connectivity index (χ0v) is 9.70. The summed E-state index contributed by atoms with van der Waals surface area (Å²) in [6.07, 6.45) is -0.362. The van der Waals surface area contributed by atoms with Gasteiger partial charge in [0.05, 0.1) is 13.0 Å². The lowest BCUT2D eigenvalue weighted by molar-refractivity contribution is -0.143. The highest BCUT2D eigenvalue weighted by atomic mass is 19.1. The van der Waals surface area contributed by atoms with Crippen LogP contribution in [-0.2, 0) is 9.53 Å². The molecule has 1 aromatic carbocycles. The summed E-state index contributed by atoms with van der Waals surface area (Å²) in [6.45, 7) is 1.83. The minimum absolute atomic E-state index is 0.156. The summed E-state index contributed by atoms with van der Waals surface area (Å²) < 4.78 is 30.6. The van der Waals surface area contributed by atoms with Gasteiger partial charge in [0.25, 0.3) is 0 Å². The molecule has 98 valence electrons. The lowest BCUT2D eigenvalue weighted by Crippen LogP contribution is -2.08. The molecule has 1 N–H and O–H groups in total. The first-order valence-corrected chi connectivity index (χ1v) is 5.32. The van der Waals surface area contributed by atoms with Crippen molar-refractivity contribution in [3.63, 3.8) is 0 Å². The molecular weight excluding hydrogens is 246 g/mol. The van der Waals surface area contributed by atoms with Crippen LogP contribution in [0.5, 0.6) is 5.75 Å². The van der Waals surface area contributed by atoms with Crippen LogP contribution in [0.15, 0.2) is 12.1 Å². The molecule has 0 aliphatic rings. The van der Waals surface area contributed by atoms with Crippen LogP contribution >= 0.6 is 0 Å². The zero-order valence-electron chi connectivity index (χ0n) is 9.70. The van der Waals surface area contributed by atoms with Crippen LogP contribution in [0, 0.1) is 11.6 Å². The van der Waals surface area contributed by atoms with Crippen molar-refractivity contribution in [2.75, 3.05) is 6.61 Å². The molecule has 0 aliphatic heterocycles. The van der Waals surface area contributed by atoms with Crippen LogP contribution in [0.25, 0.3) is 0 Å². The van der Waals surface area contributed by atoms with Gasteiger partial charge in [-0.05, 0) is 19.1 Å². The molecule has 0 unspecified atom stereocenters. The van der Waals surface area contributed by atoms with Crippen molar-refractivity contribution in [3.05, 3.63) is 29.3 Å². The minimum Gasteiger partial charge on any atom is -0.503 e. The van der Waals surface area contributed by atoms with Crippen LogP contribution in [-0.4, -0.2) is 23.5 Å². The van der Waals surface area contributed by atoms with Crippen LogP contribution < -0.4 is 0 Å². The summed E-state index contributed by atoms with van der Waals surface area (Å²) in [5.41, 5.74) is -0.230. The Hall–Kier alpha value is -1.98. The second-order valence-electron chi connectivity index (χ2n) is 3.52. The quantitative estimate of drug-likeness (QED) is 0.649. The topological polar surface area (TPSA) is 63.6 Å². The maximum atomic E-state index is 13.0. The first-order valence-electron chi connectivity index (χ1n) is 5.32. The number of carbonyl (C=O) groups is 2. The van der Waals surface area contributed by atoms with E-state index in [2.05, 4.69) is 4.74 Å². The van der Waals surface area contributed by atoms with Crippen molar-refractivity contribution in [1.29, 1.82) is 0 Å². The Bertz CT molecular complexity index is 448. The molecule has 0 aromatic heterocycles. The molecule has 4 nitrogen and oxygen atoms in total. The number of phenols is 1. The van der Waals surface area contributed by atoms with Gasteiger partial charge in [0.1, 0.15) is 0 Å². The van der Waals surface area contributed by atoms with Crippen molar-refractivity contribution in [2.24, 2.45) is 0 Å². The maximum absolute atomic E-state index is 13.0. The van der Waals surface area contributed by atoms with Gasteiger partial charge in [-0.1, -0.05) is 0 Å². The molecule has 0 fully saturated rings. The summed E-state index contributed by atoms with van der Waals surface area (Å²) in [6, 6.07) is 1.46. The van der Waals surface area contributed by atoms with E-state index in [0.29, 0.717) is 0 Å². The van der Waals surface area contributed by atoms with Crippen LogP contribution in [0.4, 0.5) is 8.78 Å². The second kappa shape index (κ2) is 6.09. The normalized spacial score (nSPS) is 10.2. The molecule has 1 aromatic rings. The molecule has 0 heterocycles. The van der Waals surface area contributed by atoms with Gasteiger partial charge in [0.2, 0.25) is 0 Å². The summed E-state index contributed by atoms with van der Waals surface area (Å²) in [5.74, 6) is -4.70. The monoisotopic (exact) mass is 258 g/mol. The Labute approximate surface area is 102 Å². The molecule has 0 radical (unpaired) electrons. The predicted molar refractivity (Wildman–Crippen MR) is 58.2 cm³/mol. The molecule has 0 aliphatic carbocycles. The molecule has 0 atom stereocenters. The third kappa shape index (κ3) is 3.51. The molecule has 6 heteroatoms. The number of hydrogen-bond donors (Lipinski definition) is 1. The summed E-state index contributed by atoms with van der Waals surface area (Å²) >= 11 is 0. The van der Waals surface area contributed by atoms with E-state index < -0.39 is 29.1 Å². The van der Waals surface area contributed by atoms with Crippen molar-refractivity contribution in [2.45, 2.75) is 19.8 Å². The highest BCUT2D eigenvalue weighted by Crippen LogP contribution is 2.22. The summed E-state index contributed by atoms with van der Waals surface area (Å²) in [5, 5.41) is 8.87. The Morgan fingerprint density at radius 3 is 2.28 bits per heavy atom. The van der Waals surface area contributed by atoms with E-state index >= 15 is 0 Å². The highest BCUT2D eigenvalue weighted by molar-refractivity contribution is 5.97. The van der Waals surface area contributed by atoms with Gasteiger partial charge in [-0.25, -0.2) is 8.78 Å². The molecule has 1 rings (SSSR count). The first-order chi connectivity index (χ1) is 8.45. The number of Topliss-reactive ketones (excluding diaryl/α,β-unsaturated/α-hetero) is 1. The number of carbonyl (C=O) groups excluding carboxylic acids is 2. The average Bonchev–Trinajstić information content (AvgIpc) is 2.32. The number of rotatable bonds is 5. The highest BCUT2D eigenvalue weighted by Gasteiger charge is 2.15. The predicted octanol–water partition coefficient (Wildman–Crippen LogP) is 2.20. The van der Waals surface area contributed by atoms with Crippen molar-refractivity contribution >= 4 is 11.8 Å². The van der Waals surface area contributed by atoms with Gasteiger partial charge in [-0.3, -0.25) is 9.59 Å². The number of ether oxygens (including phenoxy) is 1. The molecule has 0 saturated heterocycles. The lowest BCUT2D eigenvalue weighted by atomic mass is 10.1. The van der Waals surface area contributed by atoms with E-state index in [1.54, 1.807) is 6.92 Å². The molecule has 0 saturated carbocycles. The summed E-state index contributed by atoms with van der Waals surface area (Å²) in [4.78, 5) is 22.6. The Balaban J connectivity index is 2.70. The fourth-order valence-electron chi connectivity index (χ4n) is 1.32. The van der Waals surface area contributed by atoms with E-state index in [0.717, 1.165) is 12.1 Å². The second-order valence-corrected chi connectivity index (χ2v) is 3.52. The van der Waals surface area contributed by atoms with E-state index in [-0.39, 0.29) is 25.0 Å². The third-order valence-corrected chi connectivity index (χ3v) is 2.20. The summed E-state index contributed by atoms with van der Waals surface area (Å²) in [7, 11) is 0. The fraction of sp³-hybridized carbons (Fsp3) is 0.333. The number of halogens is 2. The van der Waals surface area contributed by atoms with Gasteiger partial charge < -0.3 is 9.84 Å². The van der Waals surface area contributed by atoms with Crippen LogP contribution in [0.3, 0.4) is 0 Å². The fourth-order valence-corrected chi connectivity index (χ4v) is 1.32. The molecular formula is C12H12F2O4. The van der Waals surface area contributed by atoms with Gasteiger partial charge in [-0.15, -0.1) is 0 Å². The number of aromatic hydroxyl groups is 1. The van der Waals surface area contributed by atoms with E-state index in [9.17, 15) is 18.4 Å². The SMILES string of the molecule is CCOC(=O)CCC(=O)c1cc(F)c(O)c(F)c1. The Morgan fingerprint density at radius 1 is 1.22 bits per heavy atom. The van der Waals surface area contributed by atoms with Gasteiger partial charge in [0.15, 0.2) is 23.2 Å². The number of benzene rings is 1. The Morgan fingerprint density at radius 2 is 1.78 bits per heavy atom. The molecule has 0 bridgehead atoms. The van der Waals surface area contributed by atoms with E-state index in [1.807, 2.05) is 0 Å². The first kappa shape index (κ1) is 14.1. The van der Waals surface area contributed by atoms with Crippen molar-refractivity contribution < 1.29 is 28.2 Å². The maximum Gasteiger partial charge on any atom is 0.306 e. The number of esters is 1.